The molecule has 0 aliphatic carbocycles. The Kier molecular flexibility index (Phi) is 2.48. The maximum Gasteiger partial charge on any atom is 0.266 e. The van der Waals surface area contributed by atoms with E-state index in [4.69, 9.17) is 11.6 Å². The highest BCUT2D eigenvalue weighted by Crippen LogP contribution is 2.08. The second-order valence-corrected chi connectivity index (χ2v) is 3.40. The number of rotatable bonds is 0. The van der Waals surface area contributed by atoms with Crippen molar-refractivity contribution in [3.05, 3.63) is 23.8 Å². The Morgan fingerprint density at radius 2 is 2.10 bits per heavy atom. The molecule has 0 atom stereocenters. The number of aromatic nitrogens is 2. The molecule has 1 heterocycles. The Morgan fingerprint density at radius 1 is 1.50 bits per heavy atom. The van der Waals surface area contributed by atoms with Gasteiger partial charge in [0.15, 0.2) is 4.77 Å². The van der Waals surface area contributed by atoms with Crippen LogP contribution in [-0.2, 0) is 0 Å². The average molecular weight is 288 g/mol. The summed E-state index contributed by atoms with van der Waals surface area (Å²) < 4.78 is 0.670. The molecule has 1 rings (SSSR count). The molecule has 0 spiro atoms. The number of hydrogen-bond donors (Lipinski definition) is 2. The van der Waals surface area contributed by atoms with Crippen molar-refractivity contribution in [2.24, 2.45) is 0 Å². The average Bonchev–Trinajstić information content (AvgIpc) is 1.82. The van der Waals surface area contributed by atoms with Gasteiger partial charge in [0.25, 0.3) is 5.56 Å². The van der Waals surface area contributed by atoms with Crippen LogP contribution in [0.2, 0.25) is 5.15 Å². The molecule has 0 unspecified atom stereocenters. The Balaban J connectivity index is 3.62. The van der Waals surface area contributed by atoms with Crippen LogP contribution in [0.3, 0.4) is 0 Å². The largest absolute Gasteiger partial charge is 0.322 e. The van der Waals surface area contributed by atoms with Gasteiger partial charge in [0, 0.05) is 0 Å². The minimum atomic E-state index is -0.255. The van der Waals surface area contributed by atoms with Gasteiger partial charge < -0.3 is 4.98 Å². The molecular weight excluding hydrogens is 286 g/mol. The molecule has 3 nitrogen and oxygen atoms in total. The molecule has 0 aliphatic heterocycles. The number of halogens is 2. The van der Waals surface area contributed by atoms with Crippen LogP contribution in [0, 0.1) is 8.34 Å². The molecule has 0 saturated heterocycles. The molecule has 0 radical (unpaired) electrons. The highest BCUT2D eigenvalue weighted by Gasteiger charge is 1.99. The van der Waals surface area contributed by atoms with Crippen LogP contribution in [0.25, 0.3) is 0 Å². The second kappa shape index (κ2) is 3.02. The van der Waals surface area contributed by atoms with E-state index in [1.54, 1.807) is 0 Å². The first kappa shape index (κ1) is 8.22. The van der Waals surface area contributed by atoms with Crippen LogP contribution in [0.1, 0.15) is 0 Å². The second-order valence-electron chi connectivity index (χ2n) is 1.54. The van der Waals surface area contributed by atoms with Crippen molar-refractivity contribution in [1.29, 1.82) is 0 Å². The van der Waals surface area contributed by atoms with Crippen LogP contribution in [0.15, 0.2) is 4.79 Å². The summed E-state index contributed by atoms with van der Waals surface area (Å²) in [5.74, 6) is 0. The highest BCUT2D eigenvalue weighted by molar-refractivity contribution is 14.1. The molecule has 0 fully saturated rings. The Hall–Kier alpha value is 0.120. The third-order valence-electron chi connectivity index (χ3n) is 0.842. The highest BCUT2D eigenvalue weighted by atomic mass is 127. The zero-order valence-electron chi connectivity index (χ0n) is 4.57. The van der Waals surface area contributed by atoms with Crippen molar-refractivity contribution in [1.82, 2.24) is 9.97 Å². The predicted molar refractivity (Wildman–Crippen MR) is 50.0 cm³/mol. The summed E-state index contributed by atoms with van der Waals surface area (Å²) >= 11 is 12.0. The van der Waals surface area contributed by atoms with Gasteiger partial charge >= 0.3 is 0 Å². The minimum Gasteiger partial charge on any atom is -0.322 e. The van der Waals surface area contributed by atoms with Gasteiger partial charge in [-0.05, 0) is 34.8 Å². The van der Waals surface area contributed by atoms with E-state index in [1.165, 1.54) is 0 Å². The summed E-state index contributed by atoms with van der Waals surface area (Å²) in [7, 11) is 0. The molecule has 1 aromatic heterocycles. The molecule has 0 aliphatic rings. The molecule has 1 aromatic rings. The van der Waals surface area contributed by atoms with Gasteiger partial charge in [0.1, 0.15) is 8.72 Å². The van der Waals surface area contributed by atoms with Crippen molar-refractivity contribution in [2.75, 3.05) is 0 Å². The Bertz CT molecular complexity index is 357. The third kappa shape index (κ3) is 1.58. The normalized spacial score (nSPS) is 9.80. The fraction of sp³-hybridized carbons (Fsp3) is 0. The van der Waals surface area contributed by atoms with E-state index in [9.17, 15) is 4.79 Å². The van der Waals surface area contributed by atoms with Gasteiger partial charge in [-0.1, -0.05) is 11.6 Å². The van der Waals surface area contributed by atoms with Crippen LogP contribution in [0.4, 0.5) is 0 Å². The van der Waals surface area contributed by atoms with E-state index in [0.29, 0.717) is 3.57 Å². The monoisotopic (exact) mass is 288 g/mol. The summed E-state index contributed by atoms with van der Waals surface area (Å²) in [6.45, 7) is 0. The first-order valence-corrected chi connectivity index (χ1v) is 4.15. The molecule has 0 bridgehead atoms. The van der Waals surface area contributed by atoms with Crippen molar-refractivity contribution < 1.29 is 0 Å². The lowest BCUT2D eigenvalue weighted by Crippen LogP contribution is -2.11. The lowest BCUT2D eigenvalue weighted by atomic mass is 10.7. The first-order valence-electron chi connectivity index (χ1n) is 2.29. The molecule has 2 N–H and O–H groups in total. The van der Waals surface area contributed by atoms with Gasteiger partial charge in [-0.3, -0.25) is 9.78 Å². The standard InChI is InChI=1S/C4H2ClIN2OS/c5-2-1(6)3(9)8-4(10)7-2/h(H2,7,8,9,10). The molecule has 0 amide bonds. The van der Waals surface area contributed by atoms with Crippen molar-refractivity contribution >= 4 is 46.4 Å². The van der Waals surface area contributed by atoms with Crippen LogP contribution >= 0.6 is 46.4 Å². The molecular formula is C4H2ClIN2OS. The van der Waals surface area contributed by atoms with Gasteiger partial charge in [0.2, 0.25) is 0 Å². The Labute approximate surface area is 80.0 Å². The SMILES string of the molecule is O=c1[nH]c(=S)[nH]c(Cl)c1I. The molecule has 6 heteroatoms. The van der Waals surface area contributed by atoms with E-state index in [0.717, 1.165) is 0 Å². The summed E-state index contributed by atoms with van der Waals surface area (Å²) in [6, 6.07) is 0. The van der Waals surface area contributed by atoms with Crippen molar-refractivity contribution in [3.8, 4) is 0 Å². The van der Waals surface area contributed by atoms with Crippen LogP contribution in [0.5, 0.6) is 0 Å². The van der Waals surface area contributed by atoms with Gasteiger partial charge in [-0.25, -0.2) is 0 Å². The lowest BCUT2D eigenvalue weighted by molar-refractivity contribution is 1.07. The van der Waals surface area contributed by atoms with Crippen LogP contribution in [-0.4, -0.2) is 9.97 Å². The first-order chi connectivity index (χ1) is 4.61. The van der Waals surface area contributed by atoms with Crippen molar-refractivity contribution in [2.45, 2.75) is 0 Å². The number of aromatic amines is 2. The molecule has 0 aromatic carbocycles. The van der Waals surface area contributed by atoms with Gasteiger partial charge in [0.05, 0.1) is 0 Å². The van der Waals surface area contributed by atoms with Crippen molar-refractivity contribution in [3.63, 3.8) is 0 Å². The van der Waals surface area contributed by atoms with E-state index < -0.39 is 0 Å². The summed E-state index contributed by atoms with van der Waals surface area (Å²) in [5, 5.41) is 0.286. The third-order valence-corrected chi connectivity index (χ3v) is 2.68. The number of nitrogens with one attached hydrogen (secondary N) is 2. The maximum absolute atomic E-state index is 10.8. The fourth-order valence-corrected chi connectivity index (χ4v) is 1.14. The van der Waals surface area contributed by atoms with Gasteiger partial charge in [-0.15, -0.1) is 0 Å². The van der Waals surface area contributed by atoms with Gasteiger partial charge in [-0.2, -0.15) is 0 Å². The molecule has 54 valence electrons. The Morgan fingerprint density at radius 3 is 2.60 bits per heavy atom. The number of H-pyrrole nitrogens is 2. The van der Waals surface area contributed by atoms with E-state index in [2.05, 4.69) is 22.2 Å². The van der Waals surface area contributed by atoms with E-state index in [1.807, 2.05) is 22.6 Å². The molecule has 10 heavy (non-hydrogen) atoms. The number of hydrogen-bond acceptors (Lipinski definition) is 2. The summed E-state index contributed by atoms with van der Waals surface area (Å²) in [5.41, 5.74) is -0.255. The van der Waals surface area contributed by atoms with Crippen LogP contribution < -0.4 is 5.56 Å². The predicted octanol–water partition coefficient (Wildman–Crippen LogP) is 1.69. The smallest absolute Gasteiger partial charge is 0.266 e. The zero-order chi connectivity index (χ0) is 7.72. The minimum absolute atomic E-state index is 0.246. The topological polar surface area (TPSA) is 48.6 Å². The fourth-order valence-electron chi connectivity index (χ4n) is 0.443. The zero-order valence-corrected chi connectivity index (χ0v) is 8.30. The summed E-state index contributed by atoms with van der Waals surface area (Å²) in [6.07, 6.45) is 0. The van der Waals surface area contributed by atoms with E-state index in [-0.39, 0.29) is 15.5 Å². The lowest BCUT2D eigenvalue weighted by Gasteiger charge is -1.91. The van der Waals surface area contributed by atoms with E-state index >= 15 is 0 Å². The maximum atomic E-state index is 10.8. The molecule has 0 saturated carbocycles. The summed E-state index contributed by atoms with van der Waals surface area (Å²) in [4.78, 5) is 15.8. The quantitative estimate of drug-likeness (QED) is 0.434.